The van der Waals surface area contributed by atoms with Gasteiger partial charge in [0.2, 0.25) is 0 Å². The molecule has 5 aliphatic rings. The van der Waals surface area contributed by atoms with Crippen LogP contribution in [0.1, 0.15) is 58.3 Å². The van der Waals surface area contributed by atoms with Gasteiger partial charge in [-0.15, -0.1) is 0 Å². The van der Waals surface area contributed by atoms with Gasteiger partial charge >= 0.3 is 5.97 Å². The predicted octanol–water partition coefficient (Wildman–Crippen LogP) is 2.39. The molecule has 0 heterocycles. The van der Waals surface area contributed by atoms with E-state index in [4.69, 9.17) is 4.74 Å². The van der Waals surface area contributed by atoms with Crippen LogP contribution in [0.5, 0.6) is 0 Å². The van der Waals surface area contributed by atoms with Crippen molar-refractivity contribution < 1.29 is 22.5 Å². The highest BCUT2D eigenvalue weighted by Crippen LogP contribution is 2.54. The van der Waals surface area contributed by atoms with Crippen molar-refractivity contribution in [3.8, 4) is 0 Å². The molecule has 4 bridgehead atoms. The van der Waals surface area contributed by atoms with E-state index in [9.17, 15) is 17.8 Å². The average molecular weight is 386 g/mol. The van der Waals surface area contributed by atoms with Crippen LogP contribution in [-0.2, 0) is 19.6 Å². The molecule has 6 nitrogen and oxygen atoms in total. The van der Waals surface area contributed by atoms with Gasteiger partial charge < -0.3 is 10.1 Å². The maximum Gasteiger partial charge on any atom is 0.310 e. The molecule has 5 aliphatic carbocycles. The molecule has 0 amide bonds. The van der Waals surface area contributed by atoms with Gasteiger partial charge in [-0.25, -0.2) is 0 Å². The second kappa shape index (κ2) is 7.06. The third kappa shape index (κ3) is 3.54. The van der Waals surface area contributed by atoms with E-state index in [2.05, 4.69) is 5.32 Å². The Morgan fingerprint density at radius 3 is 2.19 bits per heavy atom. The highest BCUT2D eigenvalue weighted by Gasteiger charge is 2.51. The van der Waals surface area contributed by atoms with Crippen LogP contribution in [0.3, 0.4) is 0 Å². The largest absolute Gasteiger partial charge is 0.462 e. The second-order valence-corrected chi connectivity index (χ2v) is 10.7. The molecule has 0 spiro atoms. The van der Waals surface area contributed by atoms with Crippen LogP contribution in [0.25, 0.3) is 0 Å². The van der Waals surface area contributed by atoms with Gasteiger partial charge in [0.05, 0.1) is 11.2 Å². The molecule has 0 saturated heterocycles. The molecule has 3 unspecified atom stereocenters. The zero-order chi connectivity index (χ0) is 18.5. The number of hydrogen-bond acceptors (Lipinski definition) is 5. The summed E-state index contributed by atoms with van der Waals surface area (Å²) in [5, 5.41) is 2.46. The Bertz CT molecular complexity index is 620. The van der Waals surface area contributed by atoms with Crippen LogP contribution < -0.4 is 5.32 Å². The van der Waals surface area contributed by atoms with Crippen molar-refractivity contribution in [1.82, 2.24) is 5.32 Å². The monoisotopic (exact) mass is 385 g/mol. The Labute approximate surface area is 156 Å². The minimum Gasteiger partial charge on any atom is -0.462 e. The molecule has 5 rings (SSSR count). The summed E-state index contributed by atoms with van der Waals surface area (Å²) in [5.74, 6) is 1.87. The van der Waals surface area contributed by atoms with Crippen LogP contribution >= 0.6 is 0 Å². The molecular weight excluding hydrogens is 354 g/mol. The molecule has 148 valence electrons. The van der Waals surface area contributed by atoms with Crippen molar-refractivity contribution in [2.75, 3.05) is 6.54 Å². The maximum absolute atomic E-state index is 13.0. The summed E-state index contributed by atoms with van der Waals surface area (Å²) < 4.78 is 38.7. The number of ether oxygens (including phenoxy) is 1. The van der Waals surface area contributed by atoms with Gasteiger partial charge in [-0.3, -0.25) is 9.35 Å². The van der Waals surface area contributed by atoms with Crippen molar-refractivity contribution in [3.63, 3.8) is 0 Å². The van der Waals surface area contributed by atoms with Gasteiger partial charge in [-0.05, 0) is 81.6 Å². The molecule has 0 radical (unpaired) electrons. The summed E-state index contributed by atoms with van der Waals surface area (Å²) in [4.78, 5) is 13.0. The quantitative estimate of drug-likeness (QED) is 0.558. The number of nitrogens with one attached hydrogen (secondary N) is 1. The van der Waals surface area contributed by atoms with Crippen molar-refractivity contribution >= 4 is 16.1 Å². The van der Waals surface area contributed by atoms with E-state index in [1.807, 2.05) is 6.92 Å². The van der Waals surface area contributed by atoms with Gasteiger partial charge in [0, 0.05) is 6.04 Å². The van der Waals surface area contributed by atoms with Gasteiger partial charge in [0.15, 0.2) is 0 Å². The van der Waals surface area contributed by atoms with Crippen molar-refractivity contribution in [2.24, 2.45) is 29.6 Å². The minimum absolute atomic E-state index is 0.0173. The smallest absolute Gasteiger partial charge is 0.310 e. The third-order valence-corrected chi connectivity index (χ3v) is 8.66. The third-order valence-electron chi connectivity index (χ3n) is 7.38. The van der Waals surface area contributed by atoms with Crippen molar-refractivity contribution in [3.05, 3.63) is 0 Å². The zero-order valence-electron chi connectivity index (χ0n) is 15.5. The van der Waals surface area contributed by atoms with Gasteiger partial charge in [-0.2, -0.15) is 8.42 Å². The molecule has 26 heavy (non-hydrogen) atoms. The molecule has 7 heteroatoms. The first-order chi connectivity index (χ1) is 12.3. The Morgan fingerprint density at radius 1 is 1.04 bits per heavy atom. The first-order valence-electron chi connectivity index (χ1n) is 10.2. The van der Waals surface area contributed by atoms with Crippen LogP contribution in [0, 0.1) is 29.6 Å². The summed E-state index contributed by atoms with van der Waals surface area (Å²) in [6.45, 7) is 2.71. The Morgan fingerprint density at radius 2 is 1.65 bits per heavy atom. The van der Waals surface area contributed by atoms with E-state index in [0.717, 1.165) is 18.4 Å². The molecule has 0 aromatic carbocycles. The van der Waals surface area contributed by atoms with Crippen LogP contribution in [0.15, 0.2) is 0 Å². The number of carbonyl (C=O) groups excluding carboxylic acids is 1. The van der Waals surface area contributed by atoms with Gasteiger partial charge in [0.25, 0.3) is 10.1 Å². The molecule has 5 saturated carbocycles. The number of carbonyl (C=O) groups is 1. The topological polar surface area (TPSA) is 92.7 Å². The lowest BCUT2D eigenvalue weighted by Gasteiger charge is -2.53. The van der Waals surface area contributed by atoms with Crippen molar-refractivity contribution in [1.29, 1.82) is 0 Å². The lowest BCUT2D eigenvalue weighted by molar-refractivity contribution is -0.177. The SMILES string of the molecule is CCNC1CCC(S(=O)(=O)O)CC1C(=O)OC1C2CC3CC(C2)CC1C3. The van der Waals surface area contributed by atoms with Crippen molar-refractivity contribution in [2.45, 2.75) is 75.7 Å². The Kier molecular flexibility index (Phi) is 5.07. The second-order valence-electron chi connectivity index (χ2n) is 9.05. The minimum atomic E-state index is -4.12. The van der Waals surface area contributed by atoms with E-state index >= 15 is 0 Å². The van der Waals surface area contributed by atoms with E-state index < -0.39 is 21.3 Å². The molecular formula is C19H31NO5S. The van der Waals surface area contributed by atoms with E-state index in [0.29, 0.717) is 24.7 Å². The molecule has 0 aromatic rings. The summed E-state index contributed by atoms with van der Waals surface area (Å²) in [5.41, 5.74) is 0. The summed E-state index contributed by atoms with van der Waals surface area (Å²) in [6, 6.07) is -0.0673. The first-order valence-corrected chi connectivity index (χ1v) is 11.8. The summed E-state index contributed by atoms with van der Waals surface area (Å²) >= 11 is 0. The normalized spacial score (nSPS) is 44.8. The highest BCUT2D eigenvalue weighted by molar-refractivity contribution is 7.86. The fourth-order valence-corrected chi connectivity index (χ4v) is 7.34. The van der Waals surface area contributed by atoms with Gasteiger partial charge in [0.1, 0.15) is 6.10 Å². The molecule has 3 atom stereocenters. The highest BCUT2D eigenvalue weighted by atomic mass is 32.2. The fraction of sp³-hybridized carbons (Fsp3) is 0.947. The molecule has 0 aromatic heterocycles. The zero-order valence-corrected chi connectivity index (χ0v) is 16.3. The number of rotatable bonds is 5. The number of esters is 1. The first kappa shape index (κ1) is 18.7. The van der Waals surface area contributed by atoms with Crippen LogP contribution in [-0.4, -0.2) is 42.9 Å². The fourth-order valence-electron chi connectivity index (χ4n) is 6.46. The molecule has 2 N–H and O–H groups in total. The van der Waals surface area contributed by atoms with E-state index in [1.54, 1.807) is 0 Å². The average Bonchev–Trinajstić information content (AvgIpc) is 2.57. The summed E-state index contributed by atoms with van der Waals surface area (Å²) in [7, 11) is -4.12. The van der Waals surface area contributed by atoms with Gasteiger partial charge in [-0.1, -0.05) is 6.92 Å². The Hall–Kier alpha value is -0.660. The lowest BCUT2D eigenvalue weighted by Crippen LogP contribution is -2.52. The lowest BCUT2D eigenvalue weighted by atomic mass is 9.55. The van der Waals surface area contributed by atoms with Crippen LogP contribution in [0.4, 0.5) is 0 Å². The number of hydrogen-bond donors (Lipinski definition) is 2. The van der Waals surface area contributed by atoms with Crippen LogP contribution in [0.2, 0.25) is 0 Å². The Balaban J connectivity index is 1.46. The summed E-state index contributed by atoms with van der Waals surface area (Å²) in [6.07, 6.45) is 7.21. The standard InChI is InChI=1S/C19H31NO5S/c1-2-20-17-4-3-15(26(22,23)24)10-16(17)19(21)25-18-13-6-11-5-12(8-13)9-14(18)7-11/h11-18,20H,2-10H2,1H3,(H,22,23,24). The molecule has 0 aliphatic heterocycles. The van der Waals surface area contributed by atoms with E-state index in [1.165, 1.54) is 32.1 Å². The predicted molar refractivity (Wildman–Crippen MR) is 97.1 cm³/mol. The maximum atomic E-state index is 13.0. The van der Waals surface area contributed by atoms with E-state index in [-0.39, 0.29) is 24.5 Å². The molecule has 5 fully saturated rings.